The van der Waals surface area contributed by atoms with Crippen LogP contribution < -0.4 is 5.32 Å². The molecule has 0 unspecified atom stereocenters. The predicted molar refractivity (Wildman–Crippen MR) is 51.5 cm³/mol. The van der Waals surface area contributed by atoms with Crippen LogP contribution in [0.15, 0.2) is 0 Å². The Morgan fingerprint density at radius 1 is 1.38 bits per heavy atom. The molecule has 0 aromatic rings. The lowest BCUT2D eigenvalue weighted by Gasteiger charge is -2.22. The van der Waals surface area contributed by atoms with Crippen LogP contribution in [0.5, 0.6) is 0 Å². The van der Waals surface area contributed by atoms with Gasteiger partial charge < -0.3 is 10.1 Å². The molecule has 1 rings (SSSR count). The fourth-order valence-corrected chi connectivity index (χ4v) is 1.49. The lowest BCUT2D eigenvalue weighted by atomic mass is 10.1. The van der Waals surface area contributed by atoms with Crippen molar-refractivity contribution in [1.82, 2.24) is 5.32 Å². The number of carbonyl (C=O) groups is 1. The fourth-order valence-electron chi connectivity index (χ4n) is 1.49. The SMILES string of the molecule is C[C@H]1CC[C@H](C(=O)OC(C)(C)C)N1. The quantitative estimate of drug-likeness (QED) is 0.629. The molecule has 0 amide bonds. The zero-order valence-electron chi connectivity index (χ0n) is 8.89. The number of hydrogen-bond donors (Lipinski definition) is 1. The second-order valence-corrected chi connectivity index (χ2v) is 4.73. The van der Waals surface area contributed by atoms with E-state index in [1.165, 1.54) is 0 Å². The zero-order valence-corrected chi connectivity index (χ0v) is 8.89. The highest BCUT2D eigenvalue weighted by atomic mass is 16.6. The van der Waals surface area contributed by atoms with E-state index in [9.17, 15) is 4.79 Å². The molecule has 0 aliphatic carbocycles. The van der Waals surface area contributed by atoms with Gasteiger partial charge in [0.15, 0.2) is 0 Å². The standard InChI is InChI=1S/C10H19NO2/c1-7-5-6-8(11-7)9(12)13-10(2,3)4/h7-8,11H,5-6H2,1-4H3/t7-,8+/m0/s1. The van der Waals surface area contributed by atoms with E-state index >= 15 is 0 Å². The van der Waals surface area contributed by atoms with Gasteiger partial charge in [-0.15, -0.1) is 0 Å². The Bertz CT molecular complexity index is 196. The largest absolute Gasteiger partial charge is 0.459 e. The molecule has 1 N–H and O–H groups in total. The second-order valence-electron chi connectivity index (χ2n) is 4.73. The minimum absolute atomic E-state index is 0.0887. The number of ether oxygens (including phenoxy) is 1. The van der Waals surface area contributed by atoms with Gasteiger partial charge in [-0.3, -0.25) is 4.79 Å². The fraction of sp³-hybridized carbons (Fsp3) is 0.900. The van der Waals surface area contributed by atoms with Gasteiger partial charge in [-0.25, -0.2) is 0 Å². The van der Waals surface area contributed by atoms with E-state index in [2.05, 4.69) is 12.2 Å². The van der Waals surface area contributed by atoms with E-state index in [0.29, 0.717) is 6.04 Å². The monoisotopic (exact) mass is 185 g/mol. The van der Waals surface area contributed by atoms with E-state index in [1.807, 2.05) is 20.8 Å². The van der Waals surface area contributed by atoms with E-state index in [4.69, 9.17) is 4.74 Å². The smallest absolute Gasteiger partial charge is 0.323 e. The summed E-state index contributed by atoms with van der Waals surface area (Å²) in [6.45, 7) is 7.76. The van der Waals surface area contributed by atoms with Crippen LogP contribution >= 0.6 is 0 Å². The first kappa shape index (κ1) is 10.5. The van der Waals surface area contributed by atoms with Gasteiger partial charge in [0, 0.05) is 6.04 Å². The van der Waals surface area contributed by atoms with Crippen LogP contribution in [0.1, 0.15) is 40.5 Å². The summed E-state index contributed by atoms with van der Waals surface area (Å²) in [6.07, 6.45) is 1.96. The average molecular weight is 185 g/mol. The highest BCUT2D eigenvalue weighted by molar-refractivity contribution is 5.76. The first-order chi connectivity index (χ1) is 5.88. The molecule has 3 nitrogen and oxygen atoms in total. The molecule has 3 heteroatoms. The molecule has 1 fully saturated rings. The maximum absolute atomic E-state index is 11.5. The molecule has 0 radical (unpaired) electrons. The van der Waals surface area contributed by atoms with Crippen LogP contribution in [0.3, 0.4) is 0 Å². The van der Waals surface area contributed by atoms with Crippen molar-refractivity contribution in [3.8, 4) is 0 Å². The number of esters is 1. The van der Waals surface area contributed by atoms with Crippen molar-refractivity contribution in [2.45, 2.75) is 58.2 Å². The maximum atomic E-state index is 11.5. The van der Waals surface area contributed by atoms with Crippen molar-refractivity contribution >= 4 is 5.97 Å². The number of hydrogen-bond acceptors (Lipinski definition) is 3. The van der Waals surface area contributed by atoms with E-state index in [0.717, 1.165) is 12.8 Å². The lowest BCUT2D eigenvalue weighted by molar-refractivity contribution is -0.157. The predicted octanol–water partition coefficient (Wildman–Crippen LogP) is 1.47. The Labute approximate surface area is 79.8 Å². The van der Waals surface area contributed by atoms with Crippen LogP contribution in [0.25, 0.3) is 0 Å². The summed E-state index contributed by atoms with van der Waals surface area (Å²) < 4.78 is 5.27. The molecule has 0 aromatic heterocycles. The summed E-state index contributed by atoms with van der Waals surface area (Å²) in [5.41, 5.74) is -0.370. The number of nitrogens with one attached hydrogen (secondary N) is 1. The van der Waals surface area contributed by atoms with E-state index < -0.39 is 0 Å². The highest BCUT2D eigenvalue weighted by Crippen LogP contribution is 2.16. The van der Waals surface area contributed by atoms with Crippen LogP contribution in [0.4, 0.5) is 0 Å². The van der Waals surface area contributed by atoms with Gasteiger partial charge in [0.2, 0.25) is 0 Å². The zero-order chi connectivity index (χ0) is 10.1. The molecule has 0 aromatic carbocycles. The van der Waals surface area contributed by atoms with Gasteiger partial charge >= 0.3 is 5.97 Å². The van der Waals surface area contributed by atoms with Gasteiger partial charge in [0.05, 0.1) is 0 Å². The Balaban J connectivity index is 2.41. The molecule has 1 aliphatic heterocycles. The second kappa shape index (κ2) is 3.66. The van der Waals surface area contributed by atoms with Gasteiger partial charge in [-0.1, -0.05) is 0 Å². The molecular formula is C10H19NO2. The molecule has 0 bridgehead atoms. The molecule has 1 heterocycles. The first-order valence-corrected chi connectivity index (χ1v) is 4.87. The van der Waals surface area contributed by atoms with Crippen molar-refractivity contribution in [3.05, 3.63) is 0 Å². The van der Waals surface area contributed by atoms with Gasteiger partial charge in [0.1, 0.15) is 11.6 Å². The molecule has 1 saturated heterocycles. The molecule has 13 heavy (non-hydrogen) atoms. The van der Waals surface area contributed by atoms with Crippen molar-refractivity contribution < 1.29 is 9.53 Å². The third-order valence-electron chi connectivity index (χ3n) is 2.07. The third-order valence-corrected chi connectivity index (χ3v) is 2.07. The van der Waals surface area contributed by atoms with Crippen LogP contribution in [-0.2, 0) is 9.53 Å². The van der Waals surface area contributed by atoms with Crippen LogP contribution in [0, 0.1) is 0 Å². The van der Waals surface area contributed by atoms with Crippen molar-refractivity contribution in [3.63, 3.8) is 0 Å². The Hall–Kier alpha value is -0.570. The first-order valence-electron chi connectivity index (χ1n) is 4.87. The van der Waals surface area contributed by atoms with Crippen molar-refractivity contribution in [1.29, 1.82) is 0 Å². The summed E-state index contributed by atoms with van der Waals surface area (Å²) in [5, 5.41) is 3.20. The highest BCUT2D eigenvalue weighted by Gasteiger charge is 2.30. The molecule has 1 aliphatic rings. The molecule has 0 saturated carbocycles. The molecule has 76 valence electrons. The summed E-state index contributed by atoms with van der Waals surface area (Å²) in [6, 6.07) is 0.353. The minimum atomic E-state index is -0.370. The number of rotatable bonds is 1. The third kappa shape index (κ3) is 3.35. The molecule has 0 spiro atoms. The van der Waals surface area contributed by atoms with Crippen molar-refractivity contribution in [2.24, 2.45) is 0 Å². The maximum Gasteiger partial charge on any atom is 0.323 e. The van der Waals surface area contributed by atoms with Crippen LogP contribution in [-0.4, -0.2) is 23.7 Å². The van der Waals surface area contributed by atoms with E-state index in [1.54, 1.807) is 0 Å². The normalized spacial score (nSPS) is 28.9. The Kier molecular flexibility index (Phi) is 2.96. The summed E-state index contributed by atoms with van der Waals surface area (Å²) in [4.78, 5) is 11.5. The van der Waals surface area contributed by atoms with Crippen LogP contribution in [0.2, 0.25) is 0 Å². The molecular weight excluding hydrogens is 166 g/mol. The lowest BCUT2D eigenvalue weighted by Crippen LogP contribution is -2.39. The topological polar surface area (TPSA) is 38.3 Å². The number of carbonyl (C=O) groups excluding carboxylic acids is 1. The summed E-state index contributed by atoms with van der Waals surface area (Å²) in [7, 11) is 0. The minimum Gasteiger partial charge on any atom is -0.459 e. The average Bonchev–Trinajstić information content (AvgIpc) is 2.31. The van der Waals surface area contributed by atoms with Gasteiger partial charge in [-0.2, -0.15) is 0 Å². The summed E-state index contributed by atoms with van der Waals surface area (Å²) >= 11 is 0. The van der Waals surface area contributed by atoms with Gasteiger partial charge in [-0.05, 0) is 40.5 Å². The van der Waals surface area contributed by atoms with Gasteiger partial charge in [0.25, 0.3) is 0 Å². The summed E-state index contributed by atoms with van der Waals surface area (Å²) in [5.74, 6) is -0.114. The van der Waals surface area contributed by atoms with E-state index in [-0.39, 0.29) is 17.6 Å². The Morgan fingerprint density at radius 3 is 2.38 bits per heavy atom. The molecule has 2 atom stereocenters. The Morgan fingerprint density at radius 2 is 2.00 bits per heavy atom. The van der Waals surface area contributed by atoms with Crippen molar-refractivity contribution in [2.75, 3.05) is 0 Å².